The summed E-state index contributed by atoms with van der Waals surface area (Å²) in [6.07, 6.45) is 4.66. The number of para-hydroxylation sites is 1. The average Bonchev–Trinajstić information content (AvgIpc) is 3.02. The van der Waals surface area contributed by atoms with Crippen LogP contribution < -0.4 is 5.32 Å². The standard InChI is InChI=1S/C20H24N4O2/c1-2-18-15(14-6-3-4-7-19(14)26-18)12-24-11-8-16(17(25)13-24)23-20-21-9-5-10-22-20/h3-7,9-10,16-17,25H,2,8,11-13H2,1H3,(H,21,22,23)/t16-,17-/m1/s1. The molecule has 6 heteroatoms. The molecule has 0 unspecified atom stereocenters. The summed E-state index contributed by atoms with van der Waals surface area (Å²) >= 11 is 0. The van der Waals surface area contributed by atoms with Crippen molar-refractivity contribution >= 4 is 16.9 Å². The first-order chi connectivity index (χ1) is 12.7. The fraction of sp³-hybridized carbons (Fsp3) is 0.400. The van der Waals surface area contributed by atoms with Crippen LogP contribution in [0.4, 0.5) is 5.95 Å². The molecular weight excluding hydrogens is 328 g/mol. The van der Waals surface area contributed by atoms with E-state index in [1.54, 1.807) is 18.5 Å². The first-order valence-electron chi connectivity index (χ1n) is 9.18. The number of nitrogens with zero attached hydrogens (tertiary/aromatic N) is 3. The van der Waals surface area contributed by atoms with E-state index in [2.05, 4.69) is 33.2 Å². The zero-order valence-corrected chi connectivity index (χ0v) is 14.9. The predicted octanol–water partition coefficient (Wildman–Crippen LogP) is 2.83. The number of aryl methyl sites for hydroxylation is 1. The van der Waals surface area contributed by atoms with Crippen LogP contribution in [0.15, 0.2) is 47.1 Å². The van der Waals surface area contributed by atoms with Gasteiger partial charge in [-0.3, -0.25) is 4.90 Å². The maximum atomic E-state index is 10.6. The van der Waals surface area contributed by atoms with Gasteiger partial charge in [-0.2, -0.15) is 0 Å². The fourth-order valence-electron chi connectivity index (χ4n) is 3.68. The number of likely N-dealkylation sites (tertiary alicyclic amines) is 1. The molecule has 1 saturated heterocycles. The van der Waals surface area contributed by atoms with Crippen LogP contribution in [0.5, 0.6) is 0 Å². The van der Waals surface area contributed by atoms with Gasteiger partial charge in [0, 0.05) is 49.4 Å². The minimum Gasteiger partial charge on any atom is -0.461 e. The minimum absolute atomic E-state index is 0.0274. The maximum absolute atomic E-state index is 10.6. The van der Waals surface area contributed by atoms with E-state index in [-0.39, 0.29) is 6.04 Å². The van der Waals surface area contributed by atoms with Gasteiger partial charge in [0.15, 0.2) is 0 Å². The molecule has 26 heavy (non-hydrogen) atoms. The Morgan fingerprint density at radius 1 is 1.23 bits per heavy atom. The van der Waals surface area contributed by atoms with Crippen LogP contribution in [0, 0.1) is 0 Å². The van der Waals surface area contributed by atoms with Crippen molar-refractivity contribution in [3.8, 4) is 0 Å². The second-order valence-electron chi connectivity index (χ2n) is 6.77. The van der Waals surface area contributed by atoms with Crippen molar-refractivity contribution in [3.63, 3.8) is 0 Å². The Kier molecular flexibility index (Phi) is 4.86. The van der Waals surface area contributed by atoms with E-state index in [9.17, 15) is 5.11 Å². The summed E-state index contributed by atoms with van der Waals surface area (Å²) in [4.78, 5) is 10.7. The van der Waals surface area contributed by atoms with Gasteiger partial charge >= 0.3 is 0 Å². The lowest BCUT2D eigenvalue weighted by Crippen LogP contribution is -2.49. The third kappa shape index (κ3) is 3.43. The second-order valence-corrected chi connectivity index (χ2v) is 6.77. The smallest absolute Gasteiger partial charge is 0.222 e. The normalized spacial score (nSPS) is 21.2. The van der Waals surface area contributed by atoms with Gasteiger partial charge in [-0.15, -0.1) is 0 Å². The summed E-state index contributed by atoms with van der Waals surface area (Å²) < 4.78 is 6.00. The molecule has 0 radical (unpaired) electrons. The van der Waals surface area contributed by atoms with E-state index >= 15 is 0 Å². The number of benzene rings is 1. The van der Waals surface area contributed by atoms with Crippen molar-refractivity contribution in [1.82, 2.24) is 14.9 Å². The summed E-state index contributed by atoms with van der Waals surface area (Å²) in [5, 5.41) is 15.0. The van der Waals surface area contributed by atoms with Gasteiger partial charge in [0.05, 0.1) is 12.1 Å². The Bertz CT molecular complexity index is 865. The lowest BCUT2D eigenvalue weighted by atomic mass is 10.0. The molecule has 3 aromatic rings. The van der Waals surface area contributed by atoms with Gasteiger partial charge in [0.1, 0.15) is 11.3 Å². The topological polar surface area (TPSA) is 74.4 Å². The van der Waals surface area contributed by atoms with Crippen LogP contribution in [0.2, 0.25) is 0 Å². The van der Waals surface area contributed by atoms with Crippen molar-refractivity contribution in [1.29, 1.82) is 0 Å². The summed E-state index contributed by atoms with van der Waals surface area (Å²) in [6, 6.07) is 9.94. The van der Waals surface area contributed by atoms with Gasteiger partial charge in [0.25, 0.3) is 0 Å². The number of hydrogen-bond donors (Lipinski definition) is 2. The average molecular weight is 352 g/mol. The lowest BCUT2D eigenvalue weighted by molar-refractivity contribution is 0.0558. The molecule has 136 valence electrons. The molecule has 1 aliphatic heterocycles. The largest absolute Gasteiger partial charge is 0.461 e. The first-order valence-corrected chi connectivity index (χ1v) is 9.18. The number of rotatable bonds is 5. The number of piperidine rings is 1. The molecular formula is C20H24N4O2. The number of fused-ring (bicyclic) bond motifs is 1. The Hall–Kier alpha value is -2.44. The highest BCUT2D eigenvalue weighted by Gasteiger charge is 2.29. The van der Waals surface area contributed by atoms with Gasteiger partial charge in [-0.05, 0) is 18.6 Å². The SMILES string of the molecule is CCc1oc2ccccc2c1CN1CC[C@@H](Nc2ncccn2)[C@H](O)C1. The predicted molar refractivity (Wildman–Crippen MR) is 101 cm³/mol. The molecule has 2 atom stereocenters. The Morgan fingerprint density at radius 2 is 2.04 bits per heavy atom. The van der Waals surface area contributed by atoms with Crippen LogP contribution in [0.1, 0.15) is 24.7 Å². The highest BCUT2D eigenvalue weighted by Crippen LogP contribution is 2.28. The van der Waals surface area contributed by atoms with E-state index < -0.39 is 6.10 Å². The van der Waals surface area contributed by atoms with Gasteiger partial charge < -0.3 is 14.8 Å². The number of β-amino-alcohol motifs (C(OH)–C–C–N with tert-alkyl or cyclic N) is 1. The summed E-state index contributed by atoms with van der Waals surface area (Å²) in [7, 11) is 0. The number of anilines is 1. The fourth-order valence-corrected chi connectivity index (χ4v) is 3.68. The molecule has 6 nitrogen and oxygen atoms in total. The van der Waals surface area contributed by atoms with Crippen LogP contribution in [0.3, 0.4) is 0 Å². The van der Waals surface area contributed by atoms with Crippen LogP contribution in [0.25, 0.3) is 11.0 Å². The zero-order chi connectivity index (χ0) is 17.9. The van der Waals surface area contributed by atoms with Gasteiger partial charge in [0.2, 0.25) is 5.95 Å². The number of aliphatic hydroxyl groups is 1. The van der Waals surface area contributed by atoms with Crippen LogP contribution in [-0.4, -0.2) is 45.2 Å². The quantitative estimate of drug-likeness (QED) is 0.735. The highest BCUT2D eigenvalue weighted by atomic mass is 16.3. The van der Waals surface area contributed by atoms with Crippen LogP contribution >= 0.6 is 0 Å². The van der Waals surface area contributed by atoms with E-state index in [0.29, 0.717) is 12.5 Å². The van der Waals surface area contributed by atoms with Crippen LogP contribution in [-0.2, 0) is 13.0 Å². The summed E-state index contributed by atoms with van der Waals surface area (Å²) in [5.74, 6) is 1.61. The molecule has 3 heterocycles. The lowest BCUT2D eigenvalue weighted by Gasteiger charge is -2.36. The molecule has 0 saturated carbocycles. The third-order valence-corrected chi connectivity index (χ3v) is 5.03. The van der Waals surface area contributed by atoms with Crippen molar-refractivity contribution < 1.29 is 9.52 Å². The number of nitrogens with one attached hydrogen (secondary N) is 1. The summed E-state index contributed by atoms with van der Waals surface area (Å²) in [5.41, 5.74) is 2.19. The van der Waals surface area contributed by atoms with Gasteiger partial charge in [-0.1, -0.05) is 25.1 Å². The zero-order valence-electron chi connectivity index (χ0n) is 14.9. The Balaban J connectivity index is 1.45. The monoisotopic (exact) mass is 352 g/mol. The van der Waals surface area contributed by atoms with Gasteiger partial charge in [-0.25, -0.2) is 9.97 Å². The highest BCUT2D eigenvalue weighted by molar-refractivity contribution is 5.82. The van der Waals surface area contributed by atoms with Crippen molar-refractivity contribution in [2.45, 2.75) is 38.5 Å². The molecule has 0 amide bonds. The molecule has 2 N–H and O–H groups in total. The molecule has 0 aliphatic carbocycles. The van der Waals surface area contributed by atoms with Crippen molar-refractivity contribution in [2.75, 3.05) is 18.4 Å². The minimum atomic E-state index is -0.462. The third-order valence-electron chi connectivity index (χ3n) is 5.03. The molecule has 1 aliphatic rings. The van der Waals surface area contributed by atoms with E-state index in [0.717, 1.165) is 37.3 Å². The van der Waals surface area contributed by atoms with E-state index in [4.69, 9.17) is 4.42 Å². The molecule has 2 aromatic heterocycles. The summed E-state index contributed by atoms with van der Waals surface area (Å²) in [6.45, 7) is 4.44. The molecule has 1 fully saturated rings. The number of aromatic nitrogens is 2. The molecule has 0 bridgehead atoms. The maximum Gasteiger partial charge on any atom is 0.222 e. The molecule has 0 spiro atoms. The number of hydrogen-bond acceptors (Lipinski definition) is 6. The van der Waals surface area contributed by atoms with E-state index in [1.807, 2.05) is 18.2 Å². The second kappa shape index (κ2) is 7.43. The van der Waals surface area contributed by atoms with E-state index in [1.165, 1.54) is 10.9 Å². The van der Waals surface area contributed by atoms with Crippen molar-refractivity contribution in [3.05, 3.63) is 54.0 Å². The Morgan fingerprint density at radius 3 is 2.81 bits per heavy atom. The first kappa shape index (κ1) is 17.0. The van der Waals surface area contributed by atoms with Crippen molar-refractivity contribution in [2.24, 2.45) is 0 Å². The number of aliphatic hydroxyl groups excluding tert-OH is 1. The molecule has 1 aromatic carbocycles. The molecule has 4 rings (SSSR count). The number of furan rings is 1. The Labute approximate surface area is 152 Å².